The fraction of sp³-hybridized carbons (Fsp3) is 0.0625. The fourth-order valence-corrected chi connectivity index (χ4v) is 3.22. The van der Waals surface area contributed by atoms with E-state index in [4.69, 9.17) is 11.6 Å². The number of amides is 1. The van der Waals surface area contributed by atoms with Gasteiger partial charge in [-0.25, -0.2) is 0 Å². The van der Waals surface area contributed by atoms with Gasteiger partial charge in [-0.05, 0) is 47.9 Å². The van der Waals surface area contributed by atoms with Crippen molar-refractivity contribution in [1.82, 2.24) is 9.59 Å². The highest BCUT2D eigenvalue weighted by Gasteiger charge is 2.35. The van der Waals surface area contributed by atoms with E-state index in [2.05, 4.69) is 14.9 Å². The summed E-state index contributed by atoms with van der Waals surface area (Å²) >= 11 is 7.22. The molecule has 1 amide bonds. The van der Waals surface area contributed by atoms with Crippen molar-refractivity contribution in [2.75, 3.05) is 10.2 Å². The molecule has 4 rings (SSSR count). The van der Waals surface area contributed by atoms with Gasteiger partial charge in [0.15, 0.2) is 6.17 Å². The predicted octanol–water partition coefficient (Wildman–Crippen LogP) is 3.96. The Labute approximate surface area is 141 Å². The van der Waals surface area contributed by atoms with Crippen LogP contribution in [0.2, 0.25) is 5.02 Å². The van der Waals surface area contributed by atoms with Gasteiger partial charge in [-0.1, -0.05) is 28.2 Å². The largest absolute Gasteiger partial charge is 0.359 e. The van der Waals surface area contributed by atoms with E-state index in [9.17, 15) is 4.79 Å². The maximum Gasteiger partial charge on any atom is 0.262 e. The molecular formula is C16H11ClN4OS. The normalized spacial score (nSPS) is 16.8. The maximum atomic E-state index is 13.0. The van der Waals surface area contributed by atoms with E-state index in [0.717, 1.165) is 11.4 Å². The molecule has 2 aromatic carbocycles. The lowest BCUT2D eigenvalue weighted by Gasteiger charge is -2.36. The highest BCUT2D eigenvalue weighted by atomic mass is 35.5. The molecule has 0 radical (unpaired) electrons. The lowest BCUT2D eigenvalue weighted by Crippen LogP contribution is -2.43. The second-order valence-electron chi connectivity index (χ2n) is 5.07. The third-order valence-electron chi connectivity index (χ3n) is 3.69. The zero-order chi connectivity index (χ0) is 15.8. The van der Waals surface area contributed by atoms with Gasteiger partial charge in [0.2, 0.25) is 0 Å². The molecule has 0 spiro atoms. The molecule has 1 aliphatic heterocycles. The summed E-state index contributed by atoms with van der Waals surface area (Å²) in [6, 6.07) is 14.6. The van der Waals surface area contributed by atoms with Crippen LogP contribution in [-0.2, 0) is 0 Å². The number of carbonyl (C=O) groups excluding carboxylic acids is 1. The third kappa shape index (κ3) is 2.46. The van der Waals surface area contributed by atoms with E-state index in [0.29, 0.717) is 16.3 Å². The number of hydrogen-bond acceptors (Lipinski definition) is 5. The molecule has 3 aromatic rings. The Hall–Kier alpha value is -2.44. The van der Waals surface area contributed by atoms with Gasteiger partial charge >= 0.3 is 0 Å². The number of para-hydroxylation sites is 1. The molecule has 1 aliphatic rings. The van der Waals surface area contributed by atoms with Gasteiger partial charge in [0.1, 0.15) is 5.69 Å². The van der Waals surface area contributed by atoms with E-state index in [1.807, 2.05) is 41.8 Å². The summed E-state index contributed by atoms with van der Waals surface area (Å²) in [5.41, 5.74) is 2.87. The first-order valence-corrected chi connectivity index (χ1v) is 8.17. The van der Waals surface area contributed by atoms with Crippen LogP contribution in [0.5, 0.6) is 0 Å². The summed E-state index contributed by atoms with van der Waals surface area (Å²) in [7, 11) is 0. The molecule has 1 atom stereocenters. The van der Waals surface area contributed by atoms with E-state index in [1.54, 1.807) is 17.0 Å². The number of fused-ring (bicyclic) bond motifs is 1. The quantitative estimate of drug-likeness (QED) is 0.765. The minimum absolute atomic E-state index is 0.0836. The van der Waals surface area contributed by atoms with Crippen molar-refractivity contribution in [3.8, 4) is 0 Å². The van der Waals surface area contributed by atoms with Crippen LogP contribution < -0.4 is 10.2 Å². The summed E-state index contributed by atoms with van der Waals surface area (Å²) < 4.78 is 3.91. The van der Waals surface area contributed by atoms with Gasteiger partial charge in [-0.15, -0.1) is 5.10 Å². The van der Waals surface area contributed by atoms with Crippen LogP contribution >= 0.6 is 23.1 Å². The van der Waals surface area contributed by atoms with Crippen molar-refractivity contribution in [1.29, 1.82) is 0 Å². The molecule has 0 saturated carbocycles. The number of benzene rings is 2. The lowest BCUT2D eigenvalue weighted by atomic mass is 10.1. The van der Waals surface area contributed by atoms with Crippen LogP contribution in [0.25, 0.3) is 0 Å². The predicted molar refractivity (Wildman–Crippen MR) is 91.0 cm³/mol. The van der Waals surface area contributed by atoms with Crippen molar-refractivity contribution in [2.45, 2.75) is 6.17 Å². The number of rotatable bonds is 2. The standard InChI is InChI=1S/C16H11ClN4OS/c17-10-5-7-11(8-6-10)21-15(14-9-23-20-19-14)18-13-4-2-1-3-12(13)16(21)22/h1-9,15,18H. The van der Waals surface area contributed by atoms with Gasteiger partial charge in [-0.3, -0.25) is 9.69 Å². The highest BCUT2D eigenvalue weighted by molar-refractivity contribution is 7.03. The molecule has 0 bridgehead atoms. The summed E-state index contributed by atoms with van der Waals surface area (Å²) in [4.78, 5) is 14.7. The van der Waals surface area contributed by atoms with E-state index in [1.165, 1.54) is 11.5 Å². The van der Waals surface area contributed by atoms with Crippen LogP contribution in [0.3, 0.4) is 0 Å². The van der Waals surface area contributed by atoms with Crippen molar-refractivity contribution in [2.24, 2.45) is 0 Å². The number of hydrogen-bond donors (Lipinski definition) is 1. The molecule has 5 nitrogen and oxygen atoms in total. The molecule has 1 aromatic heterocycles. The molecule has 114 valence electrons. The number of carbonyl (C=O) groups is 1. The Morgan fingerprint density at radius 2 is 1.91 bits per heavy atom. The Kier molecular flexibility index (Phi) is 3.48. The zero-order valence-electron chi connectivity index (χ0n) is 11.8. The maximum absolute atomic E-state index is 13.0. The Morgan fingerprint density at radius 3 is 2.65 bits per heavy atom. The minimum Gasteiger partial charge on any atom is -0.359 e. The molecule has 0 aliphatic carbocycles. The topological polar surface area (TPSA) is 58.1 Å². The van der Waals surface area contributed by atoms with Crippen LogP contribution in [0.1, 0.15) is 22.2 Å². The molecule has 0 saturated heterocycles. The van der Waals surface area contributed by atoms with Gasteiger partial charge < -0.3 is 5.32 Å². The minimum atomic E-state index is -0.405. The fourth-order valence-electron chi connectivity index (χ4n) is 2.62. The van der Waals surface area contributed by atoms with Crippen molar-refractivity contribution < 1.29 is 4.79 Å². The van der Waals surface area contributed by atoms with Crippen molar-refractivity contribution in [3.63, 3.8) is 0 Å². The zero-order valence-corrected chi connectivity index (χ0v) is 13.4. The molecular weight excluding hydrogens is 332 g/mol. The first-order valence-electron chi connectivity index (χ1n) is 6.96. The first-order chi connectivity index (χ1) is 11.2. The van der Waals surface area contributed by atoms with Crippen LogP contribution in [0, 0.1) is 0 Å². The van der Waals surface area contributed by atoms with E-state index >= 15 is 0 Å². The number of nitrogens with one attached hydrogen (secondary N) is 1. The van der Waals surface area contributed by atoms with Crippen molar-refractivity contribution >= 4 is 40.4 Å². The Bertz CT molecular complexity index is 851. The molecule has 1 unspecified atom stereocenters. The summed E-state index contributed by atoms with van der Waals surface area (Å²) in [5, 5.41) is 9.95. The SMILES string of the molecule is O=C1c2ccccc2NC(c2csnn2)N1c1ccc(Cl)cc1. The van der Waals surface area contributed by atoms with Crippen molar-refractivity contribution in [3.05, 3.63) is 70.2 Å². The molecule has 1 N–H and O–H groups in total. The van der Waals surface area contributed by atoms with Crippen LogP contribution in [0.4, 0.5) is 11.4 Å². The smallest absolute Gasteiger partial charge is 0.262 e. The highest BCUT2D eigenvalue weighted by Crippen LogP contribution is 2.36. The molecule has 0 fully saturated rings. The number of halogens is 1. The summed E-state index contributed by atoms with van der Waals surface area (Å²) in [6.45, 7) is 0. The Morgan fingerprint density at radius 1 is 1.13 bits per heavy atom. The van der Waals surface area contributed by atoms with Gasteiger partial charge in [0.25, 0.3) is 5.91 Å². The number of aromatic nitrogens is 2. The number of anilines is 2. The molecule has 23 heavy (non-hydrogen) atoms. The van der Waals surface area contributed by atoms with E-state index < -0.39 is 6.17 Å². The summed E-state index contributed by atoms with van der Waals surface area (Å²) in [5.74, 6) is -0.0836. The molecule has 2 heterocycles. The lowest BCUT2D eigenvalue weighted by molar-refractivity contribution is 0.0974. The van der Waals surface area contributed by atoms with Gasteiger partial charge in [-0.2, -0.15) is 0 Å². The molecule has 7 heteroatoms. The second-order valence-corrected chi connectivity index (χ2v) is 6.12. The van der Waals surface area contributed by atoms with Crippen LogP contribution in [0.15, 0.2) is 53.9 Å². The monoisotopic (exact) mass is 342 g/mol. The van der Waals surface area contributed by atoms with Gasteiger partial charge in [0, 0.05) is 21.8 Å². The first kappa shape index (κ1) is 14.2. The summed E-state index contributed by atoms with van der Waals surface area (Å²) in [6.07, 6.45) is -0.405. The van der Waals surface area contributed by atoms with Crippen LogP contribution in [-0.4, -0.2) is 15.5 Å². The Balaban J connectivity index is 1.85. The average molecular weight is 343 g/mol. The number of nitrogens with zero attached hydrogens (tertiary/aromatic N) is 3. The second kappa shape index (κ2) is 5.64. The van der Waals surface area contributed by atoms with Gasteiger partial charge in [0.05, 0.1) is 5.56 Å². The van der Waals surface area contributed by atoms with E-state index in [-0.39, 0.29) is 5.91 Å². The average Bonchev–Trinajstić information content (AvgIpc) is 3.10. The third-order valence-corrected chi connectivity index (χ3v) is 4.46.